The molecule has 1 aliphatic rings. The monoisotopic (exact) mass is 403 g/mol. The van der Waals surface area contributed by atoms with Gasteiger partial charge in [-0.1, -0.05) is 35.9 Å². The molecule has 5 heteroatoms. The van der Waals surface area contributed by atoms with Crippen molar-refractivity contribution in [1.82, 2.24) is 0 Å². The summed E-state index contributed by atoms with van der Waals surface area (Å²) in [5, 5.41) is 0. The number of hydrogen-bond acceptors (Lipinski definition) is 2. The molecule has 3 aromatic rings. The van der Waals surface area contributed by atoms with E-state index in [1.165, 1.54) is 42.5 Å². The van der Waals surface area contributed by atoms with Gasteiger partial charge in [-0.3, -0.25) is 9.59 Å². The maximum atomic E-state index is 13.3. The fraction of sp³-hybridized carbons (Fsp3) is 0.120. The van der Waals surface area contributed by atoms with Crippen molar-refractivity contribution in [3.8, 4) is 0 Å². The molecule has 3 nitrogen and oxygen atoms in total. The number of amides is 1. The van der Waals surface area contributed by atoms with Gasteiger partial charge in [0.25, 0.3) is 0 Å². The molecular formula is C25H19F2NO2. The number of halogens is 2. The number of rotatable bonds is 5. The van der Waals surface area contributed by atoms with Gasteiger partial charge in [0.15, 0.2) is 5.78 Å². The molecule has 150 valence electrons. The second-order valence-corrected chi connectivity index (χ2v) is 7.30. The summed E-state index contributed by atoms with van der Waals surface area (Å²) in [5.41, 5.74) is 2.97. The highest BCUT2D eigenvalue weighted by Crippen LogP contribution is 2.44. The second kappa shape index (κ2) is 8.03. The summed E-state index contributed by atoms with van der Waals surface area (Å²) in [5.74, 6) is -1.79. The molecule has 0 bridgehead atoms. The third-order valence-electron chi connectivity index (χ3n) is 5.25. The van der Waals surface area contributed by atoms with Crippen LogP contribution in [-0.4, -0.2) is 11.7 Å². The number of ketones is 1. The summed E-state index contributed by atoms with van der Waals surface area (Å²) in [6, 6.07) is 18.6. The van der Waals surface area contributed by atoms with Crippen molar-refractivity contribution in [2.24, 2.45) is 5.92 Å². The van der Waals surface area contributed by atoms with E-state index < -0.39 is 11.7 Å². The number of benzene rings is 3. The molecule has 3 aromatic carbocycles. The molecule has 1 amide bonds. The van der Waals surface area contributed by atoms with Crippen LogP contribution in [0.5, 0.6) is 0 Å². The molecule has 4 rings (SSSR count). The minimum atomic E-state index is -0.526. The van der Waals surface area contributed by atoms with Crippen molar-refractivity contribution in [1.29, 1.82) is 0 Å². The molecule has 0 aromatic heterocycles. The lowest BCUT2D eigenvalue weighted by molar-refractivity contribution is -0.128. The van der Waals surface area contributed by atoms with E-state index in [1.54, 1.807) is 23.1 Å². The van der Waals surface area contributed by atoms with E-state index in [0.29, 0.717) is 11.3 Å². The Morgan fingerprint density at radius 2 is 1.43 bits per heavy atom. The van der Waals surface area contributed by atoms with Crippen LogP contribution in [-0.2, 0) is 4.79 Å². The van der Waals surface area contributed by atoms with Crippen molar-refractivity contribution in [2.75, 3.05) is 4.90 Å². The predicted octanol–water partition coefficient (Wildman–Crippen LogP) is 5.42. The zero-order valence-corrected chi connectivity index (χ0v) is 16.3. The van der Waals surface area contributed by atoms with Crippen molar-refractivity contribution < 1.29 is 18.4 Å². The number of allylic oxidation sites excluding steroid dienone is 1. The maximum Gasteiger partial charge on any atom is 0.236 e. The Morgan fingerprint density at radius 3 is 2.03 bits per heavy atom. The predicted molar refractivity (Wildman–Crippen MR) is 111 cm³/mol. The number of carbonyl (C=O) groups excluding carboxylic acids is 2. The molecular weight excluding hydrogens is 384 g/mol. The minimum absolute atomic E-state index is 0.171. The minimum Gasteiger partial charge on any atom is -0.303 e. The molecule has 1 fully saturated rings. The van der Waals surface area contributed by atoms with Crippen LogP contribution in [0.2, 0.25) is 0 Å². The number of β-lactam (4-membered cyclic amide) rings is 1. The van der Waals surface area contributed by atoms with E-state index >= 15 is 0 Å². The first-order valence-corrected chi connectivity index (χ1v) is 9.57. The molecule has 30 heavy (non-hydrogen) atoms. The third kappa shape index (κ3) is 3.79. The second-order valence-electron chi connectivity index (χ2n) is 7.30. The van der Waals surface area contributed by atoms with Gasteiger partial charge in [0, 0.05) is 11.3 Å². The first-order chi connectivity index (χ1) is 14.4. The van der Waals surface area contributed by atoms with Crippen LogP contribution in [0.15, 0.2) is 84.9 Å². The lowest BCUT2D eigenvalue weighted by atomic mass is 9.81. The molecule has 0 radical (unpaired) electrons. The van der Waals surface area contributed by atoms with Gasteiger partial charge >= 0.3 is 0 Å². The van der Waals surface area contributed by atoms with Gasteiger partial charge < -0.3 is 4.90 Å². The van der Waals surface area contributed by atoms with Gasteiger partial charge in [0.1, 0.15) is 11.6 Å². The number of aryl methyl sites for hydroxylation is 1. The van der Waals surface area contributed by atoms with E-state index in [-0.39, 0.29) is 23.5 Å². The number of hydrogen-bond donors (Lipinski definition) is 0. The van der Waals surface area contributed by atoms with Gasteiger partial charge in [-0.05, 0) is 67.1 Å². The highest BCUT2D eigenvalue weighted by Gasteiger charge is 2.47. The Kier molecular flexibility index (Phi) is 5.27. The van der Waals surface area contributed by atoms with E-state index in [4.69, 9.17) is 0 Å². The number of anilines is 1. The lowest BCUT2D eigenvalue weighted by Crippen LogP contribution is -2.54. The standard InChI is InChI=1S/C25H19F2NO2/c1-16-2-4-18(5-3-16)24-22(14-15-23(29)17-6-8-19(26)9-7-17)25(30)28(24)21-12-10-20(27)11-13-21/h2-15,22,24H,1H3/b15-14+/t22-,24-/m1/s1. The van der Waals surface area contributed by atoms with Crippen LogP contribution < -0.4 is 4.90 Å². The topological polar surface area (TPSA) is 37.4 Å². The van der Waals surface area contributed by atoms with Crippen LogP contribution >= 0.6 is 0 Å². The van der Waals surface area contributed by atoms with E-state index in [2.05, 4.69) is 0 Å². The Morgan fingerprint density at radius 1 is 0.867 bits per heavy atom. The van der Waals surface area contributed by atoms with E-state index in [0.717, 1.165) is 11.1 Å². The molecule has 2 atom stereocenters. The maximum absolute atomic E-state index is 13.3. The SMILES string of the molecule is Cc1ccc([C@@H]2[C@@H](/C=C/C(=O)c3ccc(F)cc3)C(=O)N2c2ccc(F)cc2)cc1. The Hall–Kier alpha value is -3.60. The van der Waals surface area contributed by atoms with Gasteiger partial charge in [-0.2, -0.15) is 0 Å². The lowest BCUT2D eigenvalue weighted by Gasteiger charge is -2.46. The summed E-state index contributed by atoms with van der Waals surface area (Å²) >= 11 is 0. The van der Waals surface area contributed by atoms with Crippen molar-refractivity contribution >= 4 is 17.4 Å². The zero-order chi connectivity index (χ0) is 21.3. The first kappa shape index (κ1) is 19.7. The summed E-state index contributed by atoms with van der Waals surface area (Å²) in [4.78, 5) is 26.9. The Labute approximate surface area is 173 Å². The summed E-state index contributed by atoms with van der Waals surface area (Å²) < 4.78 is 26.4. The van der Waals surface area contributed by atoms with E-state index in [1.807, 2.05) is 31.2 Å². The Bertz CT molecular complexity index is 1100. The van der Waals surface area contributed by atoms with Crippen molar-refractivity contribution in [2.45, 2.75) is 13.0 Å². The average molecular weight is 403 g/mol. The average Bonchev–Trinajstić information content (AvgIpc) is 2.74. The molecule has 0 unspecified atom stereocenters. The highest BCUT2D eigenvalue weighted by molar-refractivity contribution is 6.07. The zero-order valence-electron chi connectivity index (χ0n) is 16.3. The third-order valence-corrected chi connectivity index (χ3v) is 5.25. The van der Waals surface area contributed by atoms with Crippen molar-refractivity contribution in [3.63, 3.8) is 0 Å². The molecule has 0 saturated carbocycles. The Balaban J connectivity index is 1.63. The molecule has 0 aliphatic carbocycles. The highest BCUT2D eigenvalue weighted by atomic mass is 19.1. The van der Waals surface area contributed by atoms with Crippen LogP contribution in [0.3, 0.4) is 0 Å². The number of nitrogens with zero attached hydrogens (tertiary/aromatic N) is 1. The molecule has 0 N–H and O–H groups in total. The van der Waals surface area contributed by atoms with E-state index in [9.17, 15) is 18.4 Å². The van der Waals surface area contributed by atoms with Crippen LogP contribution in [0.4, 0.5) is 14.5 Å². The van der Waals surface area contributed by atoms with Crippen LogP contribution in [0.1, 0.15) is 27.5 Å². The van der Waals surface area contributed by atoms with Crippen LogP contribution in [0.25, 0.3) is 0 Å². The largest absolute Gasteiger partial charge is 0.303 e. The quantitative estimate of drug-likeness (QED) is 0.324. The fourth-order valence-corrected chi connectivity index (χ4v) is 3.61. The van der Waals surface area contributed by atoms with Gasteiger partial charge in [-0.25, -0.2) is 8.78 Å². The molecule has 1 aliphatic heterocycles. The molecule has 1 saturated heterocycles. The summed E-state index contributed by atoms with van der Waals surface area (Å²) in [7, 11) is 0. The van der Waals surface area contributed by atoms with Gasteiger partial charge in [0.05, 0.1) is 12.0 Å². The van der Waals surface area contributed by atoms with Crippen molar-refractivity contribution in [3.05, 3.63) is 113 Å². The van der Waals surface area contributed by atoms with Gasteiger partial charge in [-0.15, -0.1) is 0 Å². The summed E-state index contributed by atoms with van der Waals surface area (Å²) in [6.45, 7) is 1.98. The van der Waals surface area contributed by atoms with Gasteiger partial charge in [0.2, 0.25) is 5.91 Å². The normalized spacial score (nSPS) is 18.5. The fourth-order valence-electron chi connectivity index (χ4n) is 3.61. The summed E-state index contributed by atoms with van der Waals surface area (Å²) in [6.07, 6.45) is 2.96. The van der Waals surface area contributed by atoms with Crippen LogP contribution in [0, 0.1) is 24.5 Å². The molecule has 1 heterocycles. The number of carbonyl (C=O) groups is 2. The smallest absolute Gasteiger partial charge is 0.236 e. The first-order valence-electron chi connectivity index (χ1n) is 9.57. The molecule has 0 spiro atoms.